The molecule has 0 N–H and O–H groups in total. The third kappa shape index (κ3) is 7.44. The van der Waals surface area contributed by atoms with Crippen LogP contribution in [-0.4, -0.2) is 54.6 Å². The van der Waals surface area contributed by atoms with Crippen molar-refractivity contribution in [1.82, 2.24) is 9.80 Å². The number of likely N-dealkylation sites (tertiary alicyclic amines) is 1. The predicted molar refractivity (Wildman–Crippen MR) is 166 cm³/mol. The molecule has 0 atom stereocenters. The molecular formula is C35H39F3N4O2. The molecule has 3 heterocycles. The van der Waals surface area contributed by atoms with Crippen LogP contribution in [0.3, 0.4) is 0 Å². The fraction of sp³-hybridized carbons (Fsp3) is 0.429. The fourth-order valence-corrected chi connectivity index (χ4v) is 6.76. The highest BCUT2D eigenvalue weighted by Gasteiger charge is 2.32. The van der Waals surface area contributed by atoms with E-state index in [0.29, 0.717) is 13.1 Å². The largest absolute Gasteiger partial charge is 0.573 e. The van der Waals surface area contributed by atoms with Gasteiger partial charge < -0.3 is 14.5 Å². The SMILES string of the molecule is Cc1cc(CN2CCC(CCCc3ccc(N4C=NCC4)cc3)CC2)cc2c1C(=O)N(Cc1ccc(OC(F)(F)F)cc1)C2. The molecule has 9 heteroatoms. The maximum atomic E-state index is 13.2. The zero-order valence-corrected chi connectivity index (χ0v) is 25.2. The summed E-state index contributed by atoms with van der Waals surface area (Å²) in [5.74, 6) is 0.475. The molecule has 3 aromatic carbocycles. The number of aryl methyl sites for hydroxylation is 2. The second-order valence-corrected chi connectivity index (χ2v) is 12.3. The van der Waals surface area contributed by atoms with E-state index in [4.69, 9.17) is 0 Å². The summed E-state index contributed by atoms with van der Waals surface area (Å²) >= 11 is 0. The summed E-state index contributed by atoms with van der Waals surface area (Å²) in [4.78, 5) is 24.0. The van der Waals surface area contributed by atoms with Gasteiger partial charge in [-0.15, -0.1) is 13.2 Å². The van der Waals surface area contributed by atoms with E-state index >= 15 is 0 Å². The highest BCUT2D eigenvalue weighted by atomic mass is 19.4. The molecule has 6 nitrogen and oxygen atoms in total. The van der Waals surface area contributed by atoms with Crippen LogP contribution in [0.25, 0.3) is 0 Å². The number of ether oxygens (including phenoxy) is 1. The minimum absolute atomic E-state index is 0.0301. The molecule has 44 heavy (non-hydrogen) atoms. The molecular weight excluding hydrogens is 565 g/mol. The highest BCUT2D eigenvalue weighted by Crippen LogP contribution is 2.31. The molecule has 0 unspecified atom stereocenters. The van der Waals surface area contributed by atoms with Crippen molar-refractivity contribution in [1.29, 1.82) is 0 Å². The van der Waals surface area contributed by atoms with Gasteiger partial charge in [0.2, 0.25) is 0 Å². The smallest absolute Gasteiger partial charge is 0.406 e. The number of nitrogens with zero attached hydrogens (tertiary/aromatic N) is 4. The Balaban J connectivity index is 0.958. The quantitative estimate of drug-likeness (QED) is 0.247. The number of carbonyl (C=O) groups excluding carboxylic acids is 1. The molecule has 0 spiro atoms. The third-order valence-corrected chi connectivity index (χ3v) is 9.02. The van der Waals surface area contributed by atoms with Gasteiger partial charge in [0, 0.05) is 37.4 Å². The van der Waals surface area contributed by atoms with Crippen LogP contribution in [0.15, 0.2) is 65.7 Å². The number of aliphatic imine (C=N–C) groups is 1. The Morgan fingerprint density at radius 2 is 1.64 bits per heavy atom. The average Bonchev–Trinajstić information content (AvgIpc) is 3.63. The van der Waals surface area contributed by atoms with E-state index in [0.717, 1.165) is 67.3 Å². The fourth-order valence-electron chi connectivity index (χ4n) is 6.76. The van der Waals surface area contributed by atoms with E-state index in [-0.39, 0.29) is 11.7 Å². The number of benzene rings is 3. The van der Waals surface area contributed by atoms with Crippen molar-refractivity contribution in [2.45, 2.75) is 65.0 Å². The van der Waals surface area contributed by atoms with Crippen LogP contribution in [0.5, 0.6) is 5.75 Å². The first-order valence-electron chi connectivity index (χ1n) is 15.5. The summed E-state index contributed by atoms with van der Waals surface area (Å²) in [6, 6.07) is 18.9. The van der Waals surface area contributed by atoms with Gasteiger partial charge in [-0.1, -0.05) is 42.8 Å². The van der Waals surface area contributed by atoms with E-state index in [9.17, 15) is 18.0 Å². The van der Waals surface area contributed by atoms with Crippen molar-refractivity contribution in [3.63, 3.8) is 0 Å². The highest BCUT2D eigenvalue weighted by molar-refractivity contribution is 5.99. The summed E-state index contributed by atoms with van der Waals surface area (Å²) < 4.78 is 41.4. The van der Waals surface area contributed by atoms with Gasteiger partial charge in [0.05, 0.1) is 12.9 Å². The van der Waals surface area contributed by atoms with Crippen molar-refractivity contribution in [2.24, 2.45) is 10.9 Å². The van der Waals surface area contributed by atoms with Gasteiger partial charge in [-0.25, -0.2) is 0 Å². The summed E-state index contributed by atoms with van der Waals surface area (Å²) in [5, 5.41) is 0. The number of piperidine rings is 1. The van der Waals surface area contributed by atoms with Gasteiger partial charge in [-0.2, -0.15) is 0 Å². The first-order valence-corrected chi connectivity index (χ1v) is 15.5. The molecule has 6 rings (SSSR count). The Labute approximate surface area is 257 Å². The maximum absolute atomic E-state index is 13.2. The van der Waals surface area contributed by atoms with E-state index in [1.54, 1.807) is 17.0 Å². The molecule has 0 bridgehead atoms. The molecule has 3 aliphatic heterocycles. The Hall–Kier alpha value is -3.85. The van der Waals surface area contributed by atoms with E-state index < -0.39 is 6.36 Å². The summed E-state index contributed by atoms with van der Waals surface area (Å²) in [6.07, 6.45) is 3.24. The standard InChI is InChI=1S/C35H39F3N4O2/c1-25-19-29(20-30-23-42(34(43)33(25)30)22-28-7-11-32(12-8-28)44-35(36,37)38)21-40-16-13-27(14-17-40)4-2-3-26-5-9-31(10-6-26)41-18-15-39-24-41/h5-12,19-20,24,27H,2-4,13-18,21-23H2,1H3. The topological polar surface area (TPSA) is 48.4 Å². The Kier molecular flexibility index (Phi) is 8.93. The normalized spacial score (nSPS) is 17.5. The summed E-state index contributed by atoms with van der Waals surface area (Å²) in [5.41, 5.74) is 7.37. The summed E-state index contributed by atoms with van der Waals surface area (Å²) in [7, 11) is 0. The molecule has 1 saturated heterocycles. The number of fused-ring (bicyclic) bond motifs is 1. The van der Waals surface area contributed by atoms with Gasteiger partial charge in [-0.05, 0) is 104 Å². The number of halogens is 3. The maximum Gasteiger partial charge on any atom is 0.573 e. The number of anilines is 1. The zero-order chi connectivity index (χ0) is 30.7. The molecule has 0 radical (unpaired) electrons. The van der Waals surface area contributed by atoms with Crippen LogP contribution in [0, 0.1) is 12.8 Å². The van der Waals surface area contributed by atoms with Gasteiger partial charge in [0.25, 0.3) is 5.91 Å². The first kappa shape index (κ1) is 30.2. The van der Waals surface area contributed by atoms with Crippen molar-refractivity contribution in [2.75, 3.05) is 31.1 Å². The average molecular weight is 605 g/mol. The number of hydrogen-bond donors (Lipinski definition) is 0. The van der Waals surface area contributed by atoms with Gasteiger partial charge in [0.1, 0.15) is 5.75 Å². The second-order valence-electron chi connectivity index (χ2n) is 12.3. The van der Waals surface area contributed by atoms with Crippen molar-refractivity contribution in [3.8, 4) is 5.75 Å². The monoisotopic (exact) mass is 604 g/mol. The van der Waals surface area contributed by atoms with Crippen LogP contribution in [0.4, 0.5) is 18.9 Å². The number of rotatable bonds is 10. The van der Waals surface area contributed by atoms with Gasteiger partial charge in [0.15, 0.2) is 0 Å². The van der Waals surface area contributed by atoms with Crippen LogP contribution < -0.4 is 9.64 Å². The van der Waals surface area contributed by atoms with Gasteiger partial charge in [-0.3, -0.25) is 14.7 Å². The number of hydrogen-bond acceptors (Lipinski definition) is 5. The van der Waals surface area contributed by atoms with Crippen molar-refractivity contribution < 1.29 is 22.7 Å². The van der Waals surface area contributed by atoms with Crippen molar-refractivity contribution in [3.05, 3.63) is 94.0 Å². The van der Waals surface area contributed by atoms with E-state index in [1.165, 1.54) is 54.6 Å². The number of alkyl halides is 3. The number of carbonyl (C=O) groups is 1. The number of amides is 1. The molecule has 3 aromatic rings. The third-order valence-electron chi connectivity index (χ3n) is 9.02. The molecule has 0 aromatic heterocycles. The Morgan fingerprint density at radius 1 is 0.909 bits per heavy atom. The molecule has 3 aliphatic rings. The Morgan fingerprint density at radius 3 is 2.32 bits per heavy atom. The lowest BCUT2D eigenvalue weighted by molar-refractivity contribution is -0.274. The first-order chi connectivity index (χ1) is 21.2. The Bertz CT molecular complexity index is 1480. The predicted octanol–water partition coefficient (Wildman–Crippen LogP) is 7.13. The summed E-state index contributed by atoms with van der Waals surface area (Å²) in [6.45, 7) is 7.73. The van der Waals surface area contributed by atoms with E-state index in [2.05, 4.69) is 55.9 Å². The lowest BCUT2D eigenvalue weighted by Gasteiger charge is -2.32. The minimum Gasteiger partial charge on any atom is -0.406 e. The van der Waals surface area contributed by atoms with Crippen LogP contribution >= 0.6 is 0 Å². The zero-order valence-electron chi connectivity index (χ0n) is 25.2. The molecule has 1 fully saturated rings. The van der Waals surface area contributed by atoms with E-state index in [1.807, 2.05) is 13.3 Å². The van der Waals surface area contributed by atoms with Crippen LogP contribution in [0.2, 0.25) is 0 Å². The molecule has 232 valence electrons. The lowest BCUT2D eigenvalue weighted by Crippen LogP contribution is -2.33. The van der Waals surface area contributed by atoms with Crippen LogP contribution in [0.1, 0.15) is 63.9 Å². The second kappa shape index (κ2) is 13.0. The molecule has 0 aliphatic carbocycles. The van der Waals surface area contributed by atoms with Gasteiger partial charge >= 0.3 is 6.36 Å². The molecule has 0 saturated carbocycles. The minimum atomic E-state index is -4.73. The lowest BCUT2D eigenvalue weighted by atomic mass is 9.90. The van der Waals surface area contributed by atoms with Crippen molar-refractivity contribution >= 4 is 17.9 Å². The van der Waals surface area contributed by atoms with Crippen LogP contribution in [-0.2, 0) is 26.1 Å². The molecule has 1 amide bonds.